The number of likely N-dealkylation sites (tertiary alicyclic amines) is 1. The summed E-state index contributed by atoms with van der Waals surface area (Å²) in [5, 5.41) is 15.5. The van der Waals surface area contributed by atoms with E-state index in [0.29, 0.717) is 31.0 Å². The van der Waals surface area contributed by atoms with Crippen molar-refractivity contribution in [2.24, 2.45) is 5.92 Å². The molecule has 1 aromatic rings. The second kappa shape index (κ2) is 11.0. The van der Waals surface area contributed by atoms with Gasteiger partial charge in [-0.3, -0.25) is 9.69 Å². The predicted octanol–water partition coefficient (Wildman–Crippen LogP) is 1.85. The van der Waals surface area contributed by atoms with Crippen LogP contribution in [0.1, 0.15) is 38.3 Å². The Hall–Kier alpha value is -3.27. The number of ether oxygens (including phenoxy) is 3. The normalized spacial score (nSPS) is 21.1. The van der Waals surface area contributed by atoms with Crippen molar-refractivity contribution in [1.82, 2.24) is 15.5 Å². The third-order valence-electron chi connectivity index (χ3n) is 5.68. The number of nitrogens with one attached hydrogen (secondary N) is 2. The molecule has 2 atom stereocenters. The molecule has 0 aromatic heterocycles. The van der Waals surface area contributed by atoms with Gasteiger partial charge in [-0.15, -0.1) is 0 Å². The summed E-state index contributed by atoms with van der Waals surface area (Å²) in [6.07, 6.45) is 1.54. The molecule has 0 bridgehead atoms. The topological polar surface area (TPSA) is 126 Å². The SMILES string of the molecule is CCOC(=O)[C@H]1CCCN(CC2=C(C(=O)OC)[C@@H](c3ccc(O)c(OCC)c3)NC(=O)N2)C1. The molecule has 0 radical (unpaired) electrons. The molecule has 3 rings (SSSR count). The molecule has 0 aliphatic carbocycles. The van der Waals surface area contributed by atoms with Gasteiger partial charge in [-0.1, -0.05) is 6.07 Å². The highest BCUT2D eigenvalue weighted by molar-refractivity contribution is 5.95. The molecular formula is C23H31N3O7. The molecule has 0 spiro atoms. The lowest BCUT2D eigenvalue weighted by Gasteiger charge is -2.35. The van der Waals surface area contributed by atoms with Crippen molar-refractivity contribution in [2.75, 3.05) is 40.0 Å². The molecule has 2 amide bonds. The van der Waals surface area contributed by atoms with Crippen LogP contribution in [-0.2, 0) is 19.1 Å². The van der Waals surface area contributed by atoms with Crippen molar-refractivity contribution in [3.05, 3.63) is 35.0 Å². The molecular weight excluding hydrogens is 430 g/mol. The van der Waals surface area contributed by atoms with Crippen LogP contribution >= 0.6 is 0 Å². The average molecular weight is 462 g/mol. The number of carbonyl (C=O) groups excluding carboxylic acids is 3. The molecule has 33 heavy (non-hydrogen) atoms. The van der Waals surface area contributed by atoms with Crippen molar-refractivity contribution in [3.8, 4) is 11.5 Å². The number of carbonyl (C=O) groups is 3. The van der Waals surface area contributed by atoms with Crippen LogP contribution in [0.2, 0.25) is 0 Å². The summed E-state index contributed by atoms with van der Waals surface area (Å²) in [5.41, 5.74) is 1.22. The van der Waals surface area contributed by atoms with Gasteiger partial charge >= 0.3 is 18.0 Å². The minimum atomic E-state index is -0.799. The molecule has 10 heteroatoms. The van der Waals surface area contributed by atoms with Gasteiger partial charge in [-0.2, -0.15) is 0 Å². The lowest BCUT2D eigenvalue weighted by atomic mass is 9.93. The quantitative estimate of drug-likeness (QED) is 0.501. The minimum Gasteiger partial charge on any atom is -0.504 e. The van der Waals surface area contributed by atoms with Crippen LogP contribution in [-0.4, -0.2) is 67.9 Å². The molecule has 0 unspecified atom stereocenters. The van der Waals surface area contributed by atoms with Gasteiger partial charge in [-0.25, -0.2) is 9.59 Å². The maximum absolute atomic E-state index is 12.8. The van der Waals surface area contributed by atoms with E-state index in [1.54, 1.807) is 26.0 Å². The highest BCUT2D eigenvalue weighted by Crippen LogP contribution is 2.34. The Morgan fingerprint density at radius 1 is 1.24 bits per heavy atom. The van der Waals surface area contributed by atoms with Gasteiger partial charge in [-0.05, 0) is 50.9 Å². The van der Waals surface area contributed by atoms with E-state index >= 15 is 0 Å². The standard InChI is InChI=1S/C23H31N3O7/c1-4-32-18-11-14(8-9-17(18)27)20-19(22(29)31-3)16(24-23(30)25-20)13-26-10-6-7-15(12-26)21(28)33-5-2/h8-9,11,15,20,27H,4-7,10,12-13H2,1-3H3,(H2,24,25,30)/t15-,20+/m0/s1. The number of rotatable bonds is 8. The Bertz CT molecular complexity index is 931. The number of urea groups is 1. The summed E-state index contributed by atoms with van der Waals surface area (Å²) in [4.78, 5) is 39.5. The van der Waals surface area contributed by atoms with E-state index in [2.05, 4.69) is 10.6 Å². The van der Waals surface area contributed by atoms with E-state index in [-0.39, 0.29) is 35.5 Å². The number of piperidine rings is 1. The molecule has 1 aromatic carbocycles. The van der Waals surface area contributed by atoms with Gasteiger partial charge in [0.15, 0.2) is 11.5 Å². The van der Waals surface area contributed by atoms with Gasteiger partial charge in [0.25, 0.3) is 0 Å². The number of aromatic hydroxyl groups is 1. The van der Waals surface area contributed by atoms with Gasteiger partial charge in [0, 0.05) is 18.8 Å². The number of benzene rings is 1. The maximum atomic E-state index is 12.8. The first kappa shape index (κ1) is 24.4. The Kier molecular flexibility index (Phi) is 8.16. The van der Waals surface area contributed by atoms with Crippen LogP contribution in [0.15, 0.2) is 29.5 Å². The molecule has 180 valence electrons. The molecule has 2 aliphatic rings. The summed E-state index contributed by atoms with van der Waals surface area (Å²) in [6, 6.07) is 3.40. The first-order valence-corrected chi connectivity index (χ1v) is 11.1. The van der Waals surface area contributed by atoms with Gasteiger partial charge < -0.3 is 30.0 Å². The lowest BCUT2D eigenvalue weighted by molar-refractivity contribution is -0.150. The third-order valence-corrected chi connectivity index (χ3v) is 5.68. The second-order valence-electron chi connectivity index (χ2n) is 7.90. The Morgan fingerprint density at radius 3 is 2.73 bits per heavy atom. The van der Waals surface area contributed by atoms with E-state index < -0.39 is 18.0 Å². The lowest BCUT2D eigenvalue weighted by Crippen LogP contribution is -2.49. The fourth-order valence-electron chi connectivity index (χ4n) is 4.20. The van der Waals surface area contributed by atoms with E-state index in [1.807, 2.05) is 4.90 Å². The number of phenols is 1. The summed E-state index contributed by atoms with van der Waals surface area (Å²) < 4.78 is 15.6. The molecule has 3 N–H and O–H groups in total. The number of nitrogens with zero attached hydrogens (tertiary/aromatic N) is 1. The van der Waals surface area contributed by atoms with Crippen LogP contribution in [0.4, 0.5) is 4.79 Å². The fourth-order valence-corrected chi connectivity index (χ4v) is 4.20. The van der Waals surface area contributed by atoms with Gasteiger partial charge in [0.1, 0.15) is 0 Å². The third kappa shape index (κ3) is 5.75. The van der Waals surface area contributed by atoms with E-state index in [1.165, 1.54) is 13.2 Å². The number of hydrogen-bond donors (Lipinski definition) is 3. The largest absolute Gasteiger partial charge is 0.504 e. The molecule has 1 saturated heterocycles. The first-order chi connectivity index (χ1) is 15.9. The van der Waals surface area contributed by atoms with Crippen molar-refractivity contribution >= 4 is 18.0 Å². The van der Waals surface area contributed by atoms with E-state index in [4.69, 9.17) is 14.2 Å². The summed E-state index contributed by atoms with van der Waals surface area (Å²) in [5.74, 6) is -0.860. The Morgan fingerprint density at radius 2 is 2.03 bits per heavy atom. The number of methoxy groups -OCH3 is 1. The molecule has 1 fully saturated rings. The van der Waals surface area contributed by atoms with Crippen LogP contribution in [0.5, 0.6) is 11.5 Å². The van der Waals surface area contributed by atoms with Gasteiger partial charge in [0.2, 0.25) is 0 Å². The fraction of sp³-hybridized carbons (Fsp3) is 0.522. The van der Waals surface area contributed by atoms with Gasteiger partial charge in [0.05, 0.1) is 37.9 Å². The summed E-state index contributed by atoms with van der Waals surface area (Å²) in [6.45, 7) is 5.69. The predicted molar refractivity (Wildman–Crippen MR) is 119 cm³/mol. The minimum absolute atomic E-state index is 0.0389. The second-order valence-corrected chi connectivity index (χ2v) is 7.90. The zero-order valence-corrected chi connectivity index (χ0v) is 19.2. The number of phenolic OH excluding ortho intramolecular Hbond substituents is 1. The van der Waals surface area contributed by atoms with Crippen molar-refractivity contribution in [1.29, 1.82) is 0 Å². The number of amides is 2. The van der Waals surface area contributed by atoms with Crippen LogP contribution in [0, 0.1) is 5.92 Å². The zero-order chi connectivity index (χ0) is 24.0. The average Bonchev–Trinajstić information content (AvgIpc) is 2.80. The zero-order valence-electron chi connectivity index (χ0n) is 19.2. The van der Waals surface area contributed by atoms with Crippen LogP contribution in [0.3, 0.4) is 0 Å². The molecule has 0 saturated carbocycles. The molecule has 2 heterocycles. The van der Waals surface area contributed by atoms with Crippen molar-refractivity contribution in [2.45, 2.75) is 32.7 Å². The maximum Gasteiger partial charge on any atom is 0.338 e. The summed E-state index contributed by atoms with van der Waals surface area (Å²) >= 11 is 0. The Labute approximate surface area is 192 Å². The monoisotopic (exact) mass is 461 g/mol. The Balaban J connectivity index is 1.93. The first-order valence-electron chi connectivity index (χ1n) is 11.1. The van der Waals surface area contributed by atoms with Crippen molar-refractivity contribution < 1.29 is 33.7 Å². The van der Waals surface area contributed by atoms with E-state index in [9.17, 15) is 19.5 Å². The molecule has 10 nitrogen and oxygen atoms in total. The number of hydrogen-bond acceptors (Lipinski definition) is 8. The van der Waals surface area contributed by atoms with Crippen molar-refractivity contribution in [3.63, 3.8) is 0 Å². The smallest absolute Gasteiger partial charge is 0.338 e. The van der Waals surface area contributed by atoms with E-state index in [0.717, 1.165) is 19.4 Å². The molecule has 2 aliphatic heterocycles. The highest BCUT2D eigenvalue weighted by Gasteiger charge is 2.36. The summed E-state index contributed by atoms with van der Waals surface area (Å²) in [7, 11) is 1.28. The van der Waals surface area contributed by atoms with Crippen LogP contribution < -0.4 is 15.4 Å². The number of esters is 2. The van der Waals surface area contributed by atoms with Crippen LogP contribution in [0.25, 0.3) is 0 Å². The highest BCUT2D eigenvalue weighted by atomic mass is 16.5.